The van der Waals surface area contributed by atoms with Crippen LogP contribution in [0.1, 0.15) is 11.1 Å². The van der Waals surface area contributed by atoms with Crippen molar-refractivity contribution in [3.8, 4) is 5.75 Å². The van der Waals surface area contributed by atoms with Gasteiger partial charge in [-0.05, 0) is 47.5 Å². The maximum absolute atomic E-state index is 12.1. The van der Waals surface area contributed by atoms with Crippen LogP contribution in [0.5, 0.6) is 5.75 Å². The van der Waals surface area contributed by atoms with E-state index in [1.165, 1.54) is 6.08 Å². The van der Waals surface area contributed by atoms with Gasteiger partial charge in [-0.2, -0.15) is 0 Å². The Bertz CT molecular complexity index is 784. The van der Waals surface area contributed by atoms with E-state index in [4.69, 9.17) is 22.1 Å². The molecule has 0 radical (unpaired) electrons. The number of methoxy groups -OCH3 is 1. The summed E-state index contributed by atoms with van der Waals surface area (Å²) < 4.78 is 29.3. The molecule has 116 valence electrons. The summed E-state index contributed by atoms with van der Waals surface area (Å²) in [7, 11) is -1.84. The molecular formula is C16H16ClNO3S. The zero-order valence-electron chi connectivity index (χ0n) is 12.0. The van der Waals surface area contributed by atoms with Gasteiger partial charge in [0.15, 0.2) is 9.84 Å². The molecule has 2 aromatic rings. The standard InChI is InChI=1S/C16H16ClNO3S/c1-21-15-5-2-12(3-6-15)11-22(19,20)9-8-13-10-14(17)4-7-16(13)18/h2-10H,11,18H2,1H3. The molecule has 0 aliphatic carbocycles. The van der Waals surface area contributed by atoms with E-state index in [2.05, 4.69) is 0 Å². The fourth-order valence-corrected chi connectivity index (χ4v) is 3.16. The summed E-state index contributed by atoms with van der Waals surface area (Å²) >= 11 is 5.87. The van der Waals surface area contributed by atoms with E-state index in [1.54, 1.807) is 49.6 Å². The fraction of sp³-hybridized carbons (Fsp3) is 0.125. The number of anilines is 1. The topological polar surface area (TPSA) is 69.4 Å². The molecule has 0 saturated carbocycles. The molecule has 0 aliphatic rings. The summed E-state index contributed by atoms with van der Waals surface area (Å²) in [5.41, 5.74) is 7.52. The number of ether oxygens (including phenoxy) is 1. The number of hydrogen-bond donors (Lipinski definition) is 1. The third-order valence-corrected chi connectivity index (χ3v) is 4.55. The van der Waals surface area contributed by atoms with Gasteiger partial charge in [0, 0.05) is 16.1 Å². The first-order valence-electron chi connectivity index (χ1n) is 6.48. The van der Waals surface area contributed by atoms with Gasteiger partial charge in [0.25, 0.3) is 0 Å². The van der Waals surface area contributed by atoms with Crippen LogP contribution in [0.4, 0.5) is 5.69 Å². The number of sulfone groups is 1. The Morgan fingerprint density at radius 1 is 1.18 bits per heavy atom. The smallest absolute Gasteiger partial charge is 0.175 e. The molecular weight excluding hydrogens is 322 g/mol. The Morgan fingerprint density at radius 3 is 2.50 bits per heavy atom. The van der Waals surface area contributed by atoms with Gasteiger partial charge in [-0.3, -0.25) is 0 Å². The van der Waals surface area contributed by atoms with Gasteiger partial charge in [-0.1, -0.05) is 23.7 Å². The van der Waals surface area contributed by atoms with E-state index < -0.39 is 9.84 Å². The highest BCUT2D eigenvalue weighted by Gasteiger charge is 2.08. The van der Waals surface area contributed by atoms with Crippen LogP contribution in [0.2, 0.25) is 5.02 Å². The zero-order valence-corrected chi connectivity index (χ0v) is 13.6. The van der Waals surface area contributed by atoms with Crippen molar-refractivity contribution in [2.24, 2.45) is 0 Å². The number of benzene rings is 2. The lowest BCUT2D eigenvalue weighted by Crippen LogP contribution is -2.00. The quantitative estimate of drug-likeness (QED) is 0.847. The normalized spacial score (nSPS) is 11.7. The summed E-state index contributed by atoms with van der Waals surface area (Å²) in [4.78, 5) is 0. The van der Waals surface area contributed by atoms with Crippen LogP contribution in [0.3, 0.4) is 0 Å². The van der Waals surface area contributed by atoms with Gasteiger partial charge >= 0.3 is 0 Å². The first kappa shape index (κ1) is 16.4. The second-order valence-electron chi connectivity index (χ2n) is 4.73. The molecule has 0 fully saturated rings. The number of halogens is 1. The number of nitrogens with two attached hydrogens (primary N) is 1. The number of rotatable bonds is 5. The SMILES string of the molecule is COc1ccc(CS(=O)(=O)C=Cc2cc(Cl)ccc2N)cc1. The average Bonchev–Trinajstić information content (AvgIpc) is 2.49. The zero-order chi connectivity index (χ0) is 16.2. The lowest BCUT2D eigenvalue weighted by molar-refractivity contribution is 0.414. The van der Waals surface area contributed by atoms with Crippen LogP contribution in [-0.2, 0) is 15.6 Å². The minimum atomic E-state index is -3.40. The lowest BCUT2D eigenvalue weighted by Gasteiger charge is -2.03. The highest BCUT2D eigenvalue weighted by molar-refractivity contribution is 7.93. The first-order valence-corrected chi connectivity index (χ1v) is 8.58. The summed E-state index contributed by atoms with van der Waals surface area (Å²) in [6, 6.07) is 11.8. The number of hydrogen-bond acceptors (Lipinski definition) is 4. The largest absolute Gasteiger partial charge is 0.497 e. The predicted molar refractivity (Wildman–Crippen MR) is 90.5 cm³/mol. The third kappa shape index (κ3) is 4.51. The minimum Gasteiger partial charge on any atom is -0.497 e. The van der Waals surface area contributed by atoms with Crippen LogP contribution >= 0.6 is 11.6 Å². The lowest BCUT2D eigenvalue weighted by atomic mass is 10.2. The van der Waals surface area contributed by atoms with Crippen molar-refractivity contribution >= 4 is 33.2 Å². The molecule has 0 amide bonds. The van der Waals surface area contributed by atoms with E-state index in [1.807, 2.05) is 0 Å². The predicted octanol–water partition coefficient (Wildman–Crippen LogP) is 3.52. The van der Waals surface area contributed by atoms with Gasteiger partial charge in [-0.25, -0.2) is 8.42 Å². The van der Waals surface area contributed by atoms with Crippen molar-refractivity contribution in [2.45, 2.75) is 5.75 Å². The van der Waals surface area contributed by atoms with E-state index in [0.29, 0.717) is 27.6 Å². The fourth-order valence-electron chi connectivity index (χ4n) is 1.87. The summed E-state index contributed by atoms with van der Waals surface area (Å²) in [6.45, 7) is 0. The Hall–Kier alpha value is -1.98. The molecule has 2 rings (SSSR count). The maximum atomic E-state index is 12.1. The molecule has 4 nitrogen and oxygen atoms in total. The van der Waals surface area contributed by atoms with Crippen molar-refractivity contribution in [3.05, 3.63) is 64.0 Å². The molecule has 0 heterocycles. The Labute approximate surface area is 135 Å². The van der Waals surface area contributed by atoms with Crippen LogP contribution in [-0.4, -0.2) is 15.5 Å². The van der Waals surface area contributed by atoms with Crippen LogP contribution in [0.25, 0.3) is 6.08 Å². The molecule has 0 unspecified atom stereocenters. The molecule has 2 aromatic carbocycles. The minimum absolute atomic E-state index is 0.0893. The van der Waals surface area contributed by atoms with Gasteiger partial charge < -0.3 is 10.5 Å². The van der Waals surface area contributed by atoms with Gasteiger partial charge in [0.05, 0.1) is 12.9 Å². The summed E-state index contributed by atoms with van der Waals surface area (Å²) in [6.07, 6.45) is 1.46. The molecule has 0 spiro atoms. The van der Waals surface area contributed by atoms with E-state index in [-0.39, 0.29) is 5.75 Å². The molecule has 0 aliphatic heterocycles. The Kier molecular flexibility index (Phi) is 5.11. The monoisotopic (exact) mass is 337 g/mol. The second-order valence-corrected chi connectivity index (χ2v) is 7.05. The van der Waals surface area contributed by atoms with E-state index >= 15 is 0 Å². The maximum Gasteiger partial charge on any atom is 0.175 e. The van der Waals surface area contributed by atoms with Crippen LogP contribution < -0.4 is 10.5 Å². The highest BCUT2D eigenvalue weighted by atomic mass is 35.5. The van der Waals surface area contributed by atoms with Crippen molar-refractivity contribution < 1.29 is 13.2 Å². The van der Waals surface area contributed by atoms with Crippen molar-refractivity contribution in [1.29, 1.82) is 0 Å². The van der Waals surface area contributed by atoms with Crippen LogP contribution in [0, 0.1) is 0 Å². The van der Waals surface area contributed by atoms with Crippen molar-refractivity contribution in [1.82, 2.24) is 0 Å². The van der Waals surface area contributed by atoms with Gasteiger partial charge in [-0.15, -0.1) is 0 Å². The van der Waals surface area contributed by atoms with E-state index in [0.717, 1.165) is 5.41 Å². The summed E-state index contributed by atoms with van der Waals surface area (Å²) in [5, 5.41) is 1.65. The average molecular weight is 338 g/mol. The summed E-state index contributed by atoms with van der Waals surface area (Å²) in [5.74, 6) is 0.594. The van der Waals surface area contributed by atoms with Crippen molar-refractivity contribution in [3.63, 3.8) is 0 Å². The molecule has 0 aromatic heterocycles. The molecule has 2 N–H and O–H groups in total. The molecule has 6 heteroatoms. The Morgan fingerprint density at radius 2 is 1.86 bits per heavy atom. The number of nitrogen functional groups attached to an aromatic ring is 1. The van der Waals surface area contributed by atoms with Gasteiger partial charge in [0.2, 0.25) is 0 Å². The van der Waals surface area contributed by atoms with Crippen molar-refractivity contribution in [2.75, 3.05) is 12.8 Å². The first-order chi connectivity index (χ1) is 10.4. The molecule has 0 atom stereocenters. The Balaban J connectivity index is 2.16. The molecule has 0 bridgehead atoms. The molecule has 0 saturated heterocycles. The van der Waals surface area contributed by atoms with Crippen LogP contribution in [0.15, 0.2) is 47.9 Å². The highest BCUT2D eigenvalue weighted by Crippen LogP contribution is 2.20. The second kappa shape index (κ2) is 6.85. The van der Waals surface area contributed by atoms with Gasteiger partial charge in [0.1, 0.15) is 5.75 Å². The third-order valence-electron chi connectivity index (χ3n) is 3.03. The molecule has 22 heavy (non-hydrogen) atoms. The van der Waals surface area contributed by atoms with E-state index in [9.17, 15) is 8.42 Å².